The van der Waals surface area contributed by atoms with E-state index in [9.17, 15) is 24.3 Å². The normalized spacial score (nSPS) is 24.3. The summed E-state index contributed by atoms with van der Waals surface area (Å²) in [5, 5.41) is 13.3. The first-order valence-corrected chi connectivity index (χ1v) is 12.2. The maximum absolute atomic E-state index is 13.9. The molecule has 4 amide bonds. The Labute approximate surface area is 220 Å². The Hall–Kier alpha value is -4.66. The number of hydrogen-bond donors (Lipinski definition) is 2. The molecule has 3 aromatic carbocycles. The highest BCUT2D eigenvalue weighted by Gasteiger charge is 2.71. The van der Waals surface area contributed by atoms with Crippen LogP contribution in [0.1, 0.15) is 18.5 Å². The third-order valence-corrected chi connectivity index (χ3v) is 7.52. The number of nitrogens with zero attached hydrogens (tertiary/aromatic N) is 3. The molecule has 2 heterocycles. The predicted molar refractivity (Wildman–Crippen MR) is 143 cm³/mol. The summed E-state index contributed by atoms with van der Waals surface area (Å²) in [5.74, 6) is -4.90. The number of carbonyl (C=O) groups excluding carboxylic acids is 3. The van der Waals surface area contributed by atoms with Crippen LogP contribution in [0.3, 0.4) is 0 Å². The lowest BCUT2D eigenvalue weighted by Crippen LogP contribution is -2.58. The minimum absolute atomic E-state index is 0.367. The van der Waals surface area contributed by atoms with Crippen molar-refractivity contribution in [2.75, 3.05) is 29.2 Å². The molecule has 9 heteroatoms. The lowest BCUT2D eigenvalue weighted by Gasteiger charge is -2.38. The van der Waals surface area contributed by atoms with Gasteiger partial charge in [0.1, 0.15) is 0 Å². The average Bonchev–Trinajstić information content (AvgIpc) is 3.35. The molecule has 38 heavy (non-hydrogen) atoms. The van der Waals surface area contributed by atoms with Gasteiger partial charge < -0.3 is 15.3 Å². The Morgan fingerprint density at radius 1 is 0.868 bits per heavy atom. The van der Waals surface area contributed by atoms with E-state index in [2.05, 4.69) is 5.32 Å². The molecular weight excluding hydrogens is 484 g/mol. The van der Waals surface area contributed by atoms with Crippen LogP contribution in [0.15, 0.2) is 84.9 Å². The number of amides is 4. The fraction of sp³-hybridized carbons (Fsp3) is 0.241. The van der Waals surface area contributed by atoms with Crippen molar-refractivity contribution in [3.05, 3.63) is 90.5 Å². The summed E-state index contributed by atoms with van der Waals surface area (Å²) in [7, 11) is 3.78. The Balaban J connectivity index is 1.67. The first kappa shape index (κ1) is 25.0. The van der Waals surface area contributed by atoms with E-state index in [-0.39, 0.29) is 0 Å². The van der Waals surface area contributed by atoms with E-state index < -0.39 is 47.2 Å². The minimum atomic E-state index is -2.00. The molecule has 9 nitrogen and oxygen atoms in total. The van der Waals surface area contributed by atoms with Crippen molar-refractivity contribution in [3.63, 3.8) is 0 Å². The lowest BCUT2D eigenvalue weighted by atomic mass is 9.80. The van der Waals surface area contributed by atoms with E-state index in [0.717, 1.165) is 10.6 Å². The predicted octanol–water partition coefficient (Wildman–Crippen LogP) is 3.99. The first-order chi connectivity index (χ1) is 18.2. The molecule has 0 aromatic heterocycles. The quantitative estimate of drug-likeness (QED) is 0.500. The second-order valence-corrected chi connectivity index (χ2v) is 9.90. The van der Waals surface area contributed by atoms with Gasteiger partial charge in [-0.2, -0.15) is 0 Å². The van der Waals surface area contributed by atoms with E-state index in [1.807, 2.05) is 31.1 Å². The zero-order valence-electron chi connectivity index (χ0n) is 21.2. The molecule has 0 saturated carbocycles. The fourth-order valence-electron chi connectivity index (χ4n) is 5.64. The molecule has 3 aromatic rings. The van der Waals surface area contributed by atoms with Crippen molar-refractivity contribution in [1.82, 2.24) is 4.90 Å². The number of aliphatic carboxylic acids is 1. The number of fused-ring (bicyclic) bond motifs is 1. The molecule has 4 atom stereocenters. The minimum Gasteiger partial charge on any atom is -0.479 e. The Morgan fingerprint density at radius 3 is 2.00 bits per heavy atom. The molecular formula is C29H28N4O5. The second-order valence-electron chi connectivity index (χ2n) is 9.90. The Morgan fingerprint density at radius 2 is 1.45 bits per heavy atom. The number of imide groups is 1. The number of hydrogen-bond acceptors (Lipinski definition) is 5. The van der Waals surface area contributed by atoms with Crippen molar-refractivity contribution in [3.8, 4) is 0 Å². The van der Waals surface area contributed by atoms with Gasteiger partial charge >= 0.3 is 12.0 Å². The second kappa shape index (κ2) is 9.33. The van der Waals surface area contributed by atoms with Crippen LogP contribution in [0.2, 0.25) is 0 Å². The van der Waals surface area contributed by atoms with Crippen LogP contribution in [0, 0.1) is 11.8 Å². The third kappa shape index (κ3) is 3.78. The van der Waals surface area contributed by atoms with Crippen molar-refractivity contribution in [2.45, 2.75) is 18.5 Å². The van der Waals surface area contributed by atoms with Gasteiger partial charge in [-0.05, 0) is 48.9 Å². The van der Waals surface area contributed by atoms with Gasteiger partial charge in [0.05, 0.1) is 23.6 Å². The summed E-state index contributed by atoms with van der Waals surface area (Å²) in [4.78, 5) is 58.6. The monoisotopic (exact) mass is 512 g/mol. The molecule has 2 aliphatic rings. The highest BCUT2D eigenvalue weighted by Crippen LogP contribution is 2.56. The maximum Gasteiger partial charge on any atom is 0.330 e. The number of likely N-dealkylation sites (tertiary alicyclic amines) is 1. The van der Waals surface area contributed by atoms with Gasteiger partial charge in [0.2, 0.25) is 11.8 Å². The van der Waals surface area contributed by atoms with Crippen LogP contribution in [0.25, 0.3) is 0 Å². The SMILES string of the molecule is CN(C)c1ccc(C2C3C(=O)N(c4ccccc4)C(=O)C3C(C)(C(=O)O)N2C(=O)Nc2ccccc2)cc1. The van der Waals surface area contributed by atoms with Gasteiger partial charge in [-0.1, -0.05) is 48.5 Å². The number of nitrogens with one attached hydrogen (secondary N) is 1. The number of carboxylic acids is 1. The summed E-state index contributed by atoms with van der Waals surface area (Å²) in [6.45, 7) is 1.35. The number of rotatable bonds is 5. The molecule has 0 radical (unpaired) electrons. The van der Waals surface area contributed by atoms with Crippen LogP contribution in [-0.4, -0.2) is 53.5 Å². The van der Waals surface area contributed by atoms with Crippen molar-refractivity contribution >= 4 is 40.9 Å². The molecule has 4 unspecified atom stereocenters. The zero-order chi connectivity index (χ0) is 27.2. The van der Waals surface area contributed by atoms with Gasteiger partial charge in [-0.3, -0.25) is 14.5 Å². The summed E-state index contributed by atoms with van der Waals surface area (Å²) in [6, 6.07) is 22.6. The molecule has 2 aliphatic heterocycles. The Bertz CT molecular complexity index is 1390. The van der Waals surface area contributed by atoms with E-state index in [0.29, 0.717) is 16.9 Å². The van der Waals surface area contributed by atoms with E-state index >= 15 is 0 Å². The summed E-state index contributed by atoms with van der Waals surface area (Å²) in [6.07, 6.45) is 0. The number of benzene rings is 3. The van der Waals surface area contributed by atoms with Crippen LogP contribution in [-0.2, 0) is 14.4 Å². The summed E-state index contributed by atoms with van der Waals surface area (Å²) >= 11 is 0. The summed E-state index contributed by atoms with van der Waals surface area (Å²) in [5.41, 5.74) is 0.295. The van der Waals surface area contributed by atoms with E-state index in [1.165, 1.54) is 11.8 Å². The maximum atomic E-state index is 13.9. The molecule has 2 saturated heterocycles. The number of para-hydroxylation sites is 2. The first-order valence-electron chi connectivity index (χ1n) is 12.2. The number of urea groups is 1. The van der Waals surface area contributed by atoms with Gasteiger partial charge in [-0.15, -0.1) is 0 Å². The molecule has 0 spiro atoms. The van der Waals surface area contributed by atoms with E-state index in [4.69, 9.17) is 0 Å². The highest BCUT2D eigenvalue weighted by molar-refractivity contribution is 6.24. The van der Waals surface area contributed by atoms with Gasteiger partial charge in [0, 0.05) is 25.5 Å². The molecule has 5 rings (SSSR count). The highest BCUT2D eigenvalue weighted by atomic mass is 16.4. The number of anilines is 3. The van der Waals surface area contributed by atoms with Crippen molar-refractivity contribution in [1.29, 1.82) is 0 Å². The van der Waals surface area contributed by atoms with Gasteiger partial charge in [-0.25, -0.2) is 14.5 Å². The molecule has 0 bridgehead atoms. The molecule has 2 N–H and O–H groups in total. The van der Waals surface area contributed by atoms with Crippen LogP contribution in [0.5, 0.6) is 0 Å². The van der Waals surface area contributed by atoms with Crippen molar-refractivity contribution in [2.24, 2.45) is 11.8 Å². The topological polar surface area (TPSA) is 110 Å². The van der Waals surface area contributed by atoms with Crippen LogP contribution in [0.4, 0.5) is 21.9 Å². The smallest absolute Gasteiger partial charge is 0.330 e. The molecule has 2 fully saturated rings. The number of carboxylic acid groups (broad SMARTS) is 1. The van der Waals surface area contributed by atoms with Crippen LogP contribution >= 0.6 is 0 Å². The number of carbonyl (C=O) groups is 4. The van der Waals surface area contributed by atoms with Crippen molar-refractivity contribution < 1.29 is 24.3 Å². The zero-order valence-corrected chi connectivity index (χ0v) is 21.2. The van der Waals surface area contributed by atoms with Gasteiger partial charge in [0.15, 0.2) is 5.54 Å². The molecule has 0 aliphatic carbocycles. The van der Waals surface area contributed by atoms with E-state index in [1.54, 1.807) is 72.8 Å². The summed E-state index contributed by atoms with van der Waals surface area (Å²) < 4.78 is 0. The average molecular weight is 513 g/mol. The van der Waals surface area contributed by atoms with Crippen LogP contribution < -0.4 is 15.1 Å². The molecule has 194 valence electrons. The standard InChI is InChI=1S/C29H28N4O5/c1-29(27(36)37)23-22(25(34)32(26(23)35)21-12-8-5-9-13-21)24(18-14-16-20(17-15-18)31(2)3)33(29)28(38)30-19-10-6-4-7-11-19/h4-17,22-24H,1-3H3,(H,30,38)(H,36,37). The lowest BCUT2D eigenvalue weighted by molar-refractivity contribution is -0.152. The van der Waals surface area contributed by atoms with Gasteiger partial charge in [0.25, 0.3) is 0 Å². The largest absolute Gasteiger partial charge is 0.479 e. The fourth-order valence-corrected chi connectivity index (χ4v) is 5.64. The third-order valence-electron chi connectivity index (χ3n) is 7.52. The Kier molecular flexibility index (Phi) is 6.14.